The van der Waals surface area contributed by atoms with E-state index in [2.05, 4.69) is 36.8 Å². The molecule has 2 amide bonds. The van der Waals surface area contributed by atoms with Crippen molar-refractivity contribution in [3.05, 3.63) is 70.3 Å². The molecule has 3 aromatic rings. The minimum absolute atomic E-state index is 0.0425. The second-order valence-electron chi connectivity index (χ2n) is 6.70. The van der Waals surface area contributed by atoms with Crippen LogP contribution in [0.3, 0.4) is 0 Å². The second-order valence-corrected chi connectivity index (χ2v) is 7.62. The van der Waals surface area contributed by atoms with Gasteiger partial charge < -0.3 is 10.6 Å². The molecule has 2 aromatic carbocycles. The third-order valence-corrected chi connectivity index (χ3v) is 4.66. The Morgan fingerprint density at radius 2 is 1.86 bits per heavy atom. The average molecular weight is 441 g/mol. The van der Waals surface area contributed by atoms with Crippen molar-refractivity contribution in [2.45, 2.75) is 20.4 Å². The molecule has 0 fully saturated rings. The van der Waals surface area contributed by atoms with E-state index in [0.29, 0.717) is 23.6 Å². The van der Waals surface area contributed by atoms with Crippen LogP contribution < -0.4 is 10.6 Å². The molecule has 0 atom stereocenters. The molecule has 0 saturated heterocycles. The highest BCUT2D eigenvalue weighted by atomic mass is 79.9. The average Bonchev–Trinajstić information content (AvgIpc) is 3.17. The van der Waals surface area contributed by atoms with Crippen LogP contribution in [0.5, 0.6) is 0 Å². The number of hydrogen-bond donors (Lipinski definition) is 3. The smallest absolute Gasteiger partial charge is 0.269 e. The van der Waals surface area contributed by atoms with Crippen molar-refractivity contribution in [3.8, 4) is 11.3 Å². The van der Waals surface area contributed by atoms with E-state index in [1.54, 1.807) is 6.07 Å². The highest BCUT2D eigenvalue weighted by Crippen LogP contribution is 2.20. The van der Waals surface area contributed by atoms with Gasteiger partial charge in [0.2, 0.25) is 5.91 Å². The lowest BCUT2D eigenvalue weighted by Gasteiger charge is -2.09. The van der Waals surface area contributed by atoms with Gasteiger partial charge in [0, 0.05) is 28.2 Å². The molecule has 1 heterocycles. The van der Waals surface area contributed by atoms with Gasteiger partial charge in [0.15, 0.2) is 0 Å². The third kappa shape index (κ3) is 5.07. The lowest BCUT2D eigenvalue weighted by molar-refractivity contribution is -0.118. The molecule has 6 nitrogen and oxygen atoms in total. The van der Waals surface area contributed by atoms with Crippen molar-refractivity contribution >= 4 is 33.4 Å². The fourth-order valence-corrected chi connectivity index (χ4v) is 2.79. The first-order valence-corrected chi connectivity index (χ1v) is 9.71. The SMILES string of the molecule is CC(C)C(=O)Nc1cccc(CNC(=O)c2cc(-c3ccc(Br)cc3)n[nH]2)c1. The molecular weight excluding hydrogens is 420 g/mol. The molecule has 0 aliphatic rings. The molecule has 144 valence electrons. The van der Waals surface area contributed by atoms with E-state index in [0.717, 1.165) is 15.6 Å². The lowest BCUT2D eigenvalue weighted by Crippen LogP contribution is -2.23. The number of rotatable bonds is 6. The summed E-state index contributed by atoms with van der Waals surface area (Å²) in [5.41, 5.74) is 3.62. The van der Waals surface area contributed by atoms with Crippen molar-refractivity contribution in [3.63, 3.8) is 0 Å². The zero-order valence-electron chi connectivity index (χ0n) is 15.6. The number of nitrogens with zero attached hydrogens (tertiary/aromatic N) is 1. The Balaban J connectivity index is 1.61. The normalized spacial score (nSPS) is 10.7. The van der Waals surface area contributed by atoms with E-state index in [4.69, 9.17) is 0 Å². The van der Waals surface area contributed by atoms with Gasteiger partial charge in [0.25, 0.3) is 5.91 Å². The van der Waals surface area contributed by atoms with Gasteiger partial charge in [-0.15, -0.1) is 0 Å². The highest BCUT2D eigenvalue weighted by molar-refractivity contribution is 9.10. The predicted molar refractivity (Wildman–Crippen MR) is 113 cm³/mol. The monoisotopic (exact) mass is 440 g/mol. The number of carbonyl (C=O) groups excluding carboxylic acids is 2. The van der Waals surface area contributed by atoms with Crippen LogP contribution in [0.15, 0.2) is 59.1 Å². The molecule has 28 heavy (non-hydrogen) atoms. The molecule has 3 rings (SSSR count). The molecule has 7 heteroatoms. The van der Waals surface area contributed by atoms with Crippen molar-refractivity contribution < 1.29 is 9.59 Å². The maximum Gasteiger partial charge on any atom is 0.269 e. The number of hydrogen-bond acceptors (Lipinski definition) is 3. The summed E-state index contributed by atoms with van der Waals surface area (Å²) in [7, 11) is 0. The number of aromatic amines is 1. The molecule has 0 radical (unpaired) electrons. The third-order valence-electron chi connectivity index (χ3n) is 4.13. The maximum atomic E-state index is 12.4. The molecule has 3 N–H and O–H groups in total. The van der Waals surface area contributed by atoms with Crippen LogP contribution in [0.2, 0.25) is 0 Å². The Bertz CT molecular complexity index is 980. The standard InChI is InChI=1S/C21H21BrN4O2/c1-13(2)20(27)24-17-5-3-4-14(10-17)12-23-21(28)19-11-18(25-26-19)15-6-8-16(22)9-7-15/h3-11,13H,12H2,1-2H3,(H,23,28)(H,24,27)(H,25,26). The number of benzene rings is 2. The maximum absolute atomic E-state index is 12.4. The van der Waals surface area contributed by atoms with Gasteiger partial charge >= 0.3 is 0 Å². The van der Waals surface area contributed by atoms with Crippen molar-refractivity contribution in [2.24, 2.45) is 5.92 Å². The first-order valence-electron chi connectivity index (χ1n) is 8.92. The predicted octanol–water partition coefficient (Wildman–Crippen LogP) is 4.36. The van der Waals surface area contributed by atoms with Crippen LogP contribution in [0.4, 0.5) is 5.69 Å². The number of aromatic nitrogens is 2. The molecule has 1 aromatic heterocycles. The minimum Gasteiger partial charge on any atom is -0.347 e. The topological polar surface area (TPSA) is 86.9 Å². The van der Waals surface area contributed by atoms with Gasteiger partial charge in [-0.1, -0.05) is 54.0 Å². The summed E-state index contributed by atoms with van der Waals surface area (Å²) in [5.74, 6) is -0.379. The summed E-state index contributed by atoms with van der Waals surface area (Å²) in [6.45, 7) is 4.02. The summed E-state index contributed by atoms with van der Waals surface area (Å²) in [4.78, 5) is 24.2. The molecular formula is C21H21BrN4O2. The number of carbonyl (C=O) groups is 2. The first-order chi connectivity index (χ1) is 13.4. The van der Waals surface area contributed by atoms with Crippen molar-refractivity contribution in [1.29, 1.82) is 0 Å². The number of amides is 2. The zero-order chi connectivity index (χ0) is 20.1. The van der Waals surface area contributed by atoms with Gasteiger partial charge in [-0.05, 0) is 35.9 Å². The Kier molecular flexibility index (Phi) is 6.26. The summed E-state index contributed by atoms with van der Waals surface area (Å²) in [6.07, 6.45) is 0. The fraction of sp³-hybridized carbons (Fsp3) is 0.190. The van der Waals surface area contributed by atoms with E-state index in [1.165, 1.54) is 0 Å². The van der Waals surface area contributed by atoms with Gasteiger partial charge in [0.05, 0.1) is 5.69 Å². The molecule has 0 aliphatic heterocycles. The first kappa shape index (κ1) is 19.8. The summed E-state index contributed by atoms with van der Waals surface area (Å²) in [6, 6.07) is 16.8. The zero-order valence-corrected chi connectivity index (χ0v) is 17.2. The quantitative estimate of drug-likeness (QED) is 0.531. The Hall–Kier alpha value is -2.93. The minimum atomic E-state index is -0.243. The Morgan fingerprint density at radius 3 is 2.57 bits per heavy atom. The van der Waals surface area contributed by atoms with Gasteiger partial charge in [-0.25, -0.2) is 0 Å². The van der Waals surface area contributed by atoms with Gasteiger partial charge in [0.1, 0.15) is 5.69 Å². The van der Waals surface area contributed by atoms with E-state index < -0.39 is 0 Å². The fourth-order valence-electron chi connectivity index (χ4n) is 2.53. The number of anilines is 1. The van der Waals surface area contributed by atoms with Crippen LogP contribution in [0, 0.1) is 5.92 Å². The summed E-state index contributed by atoms with van der Waals surface area (Å²) in [5, 5.41) is 12.7. The van der Waals surface area contributed by atoms with E-state index in [-0.39, 0.29) is 17.7 Å². The van der Waals surface area contributed by atoms with Crippen LogP contribution in [-0.2, 0) is 11.3 Å². The highest BCUT2D eigenvalue weighted by Gasteiger charge is 2.11. The summed E-state index contributed by atoms with van der Waals surface area (Å²) < 4.78 is 0.983. The lowest BCUT2D eigenvalue weighted by atomic mass is 10.1. The van der Waals surface area contributed by atoms with E-state index in [9.17, 15) is 9.59 Å². The van der Waals surface area contributed by atoms with Gasteiger partial charge in [-0.2, -0.15) is 5.10 Å². The van der Waals surface area contributed by atoms with Crippen LogP contribution in [-0.4, -0.2) is 22.0 Å². The van der Waals surface area contributed by atoms with Crippen molar-refractivity contribution in [1.82, 2.24) is 15.5 Å². The second kappa shape index (κ2) is 8.84. The van der Waals surface area contributed by atoms with E-state index >= 15 is 0 Å². The van der Waals surface area contributed by atoms with Crippen molar-refractivity contribution in [2.75, 3.05) is 5.32 Å². The molecule has 0 bridgehead atoms. The largest absolute Gasteiger partial charge is 0.347 e. The number of H-pyrrole nitrogens is 1. The summed E-state index contributed by atoms with van der Waals surface area (Å²) >= 11 is 3.40. The number of nitrogens with one attached hydrogen (secondary N) is 3. The number of halogens is 1. The van der Waals surface area contributed by atoms with Gasteiger partial charge in [-0.3, -0.25) is 14.7 Å². The van der Waals surface area contributed by atoms with Crippen LogP contribution in [0.1, 0.15) is 29.9 Å². The molecule has 0 spiro atoms. The van der Waals surface area contributed by atoms with E-state index in [1.807, 2.05) is 62.4 Å². The molecule has 0 aliphatic carbocycles. The van der Waals surface area contributed by atoms with Crippen LogP contribution >= 0.6 is 15.9 Å². The molecule has 0 saturated carbocycles. The Morgan fingerprint density at radius 1 is 1.11 bits per heavy atom. The van der Waals surface area contributed by atoms with Crippen LogP contribution in [0.25, 0.3) is 11.3 Å². The Labute approximate surface area is 171 Å². The molecule has 0 unspecified atom stereocenters.